The van der Waals surface area contributed by atoms with E-state index in [9.17, 15) is 9.59 Å². The molecule has 29 heavy (non-hydrogen) atoms. The molecule has 0 radical (unpaired) electrons. The molecule has 0 spiro atoms. The highest BCUT2D eigenvalue weighted by atomic mass is 16.5. The number of aromatic nitrogens is 6. The van der Waals surface area contributed by atoms with E-state index in [2.05, 4.69) is 35.4 Å². The monoisotopic (exact) mass is 389 g/mol. The summed E-state index contributed by atoms with van der Waals surface area (Å²) in [5.41, 5.74) is 0.489. The molecule has 10 nitrogen and oxygen atoms in total. The van der Waals surface area contributed by atoms with Crippen LogP contribution in [0.25, 0.3) is 22.9 Å². The Balaban J connectivity index is 1.49. The molecule has 0 aliphatic heterocycles. The summed E-state index contributed by atoms with van der Waals surface area (Å²) in [6, 6.07) is 8.18. The third-order valence-corrected chi connectivity index (χ3v) is 4.03. The maximum atomic E-state index is 12.5. The van der Waals surface area contributed by atoms with Crippen LogP contribution in [0, 0.1) is 0 Å². The van der Waals surface area contributed by atoms with E-state index >= 15 is 0 Å². The van der Waals surface area contributed by atoms with Crippen LogP contribution in [0.4, 0.5) is 0 Å². The zero-order chi connectivity index (χ0) is 20.2. The van der Waals surface area contributed by atoms with Crippen molar-refractivity contribution in [3.05, 3.63) is 76.9 Å². The number of rotatable bonds is 5. The Hall–Kier alpha value is -4.21. The number of carbonyl (C=O) groups is 1. The van der Waals surface area contributed by atoms with Crippen LogP contribution < -0.4 is 10.9 Å². The average molecular weight is 389 g/mol. The fourth-order valence-electron chi connectivity index (χ4n) is 2.55. The van der Waals surface area contributed by atoms with E-state index in [1.165, 1.54) is 6.20 Å². The van der Waals surface area contributed by atoms with Crippen molar-refractivity contribution in [2.45, 2.75) is 13.0 Å². The lowest BCUT2D eigenvalue weighted by Gasteiger charge is -2.09. The molecule has 1 atom stereocenters. The number of pyridine rings is 2. The quantitative estimate of drug-likeness (QED) is 0.526. The fourth-order valence-corrected chi connectivity index (χ4v) is 2.55. The second-order valence-corrected chi connectivity index (χ2v) is 6.08. The smallest absolute Gasteiger partial charge is 0.264 e. The van der Waals surface area contributed by atoms with Gasteiger partial charge in [-0.05, 0) is 31.2 Å². The van der Waals surface area contributed by atoms with Gasteiger partial charge in [-0.3, -0.25) is 19.6 Å². The molecular weight excluding hydrogens is 374 g/mol. The summed E-state index contributed by atoms with van der Waals surface area (Å²) in [6.07, 6.45) is 6.01. The van der Waals surface area contributed by atoms with Gasteiger partial charge in [0.15, 0.2) is 0 Å². The molecule has 10 heteroatoms. The normalized spacial score (nSPS) is 11.8. The van der Waals surface area contributed by atoms with Gasteiger partial charge in [0.25, 0.3) is 11.5 Å². The predicted octanol–water partition coefficient (Wildman–Crippen LogP) is 1.77. The summed E-state index contributed by atoms with van der Waals surface area (Å²) in [5.74, 6) is 0.212. The van der Waals surface area contributed by atoms with E-state index in [4.69, 9.17) is 4.52 Å². The van der Waals surface area contributed by atoms with E-state index in [1.807, 2.05) is 0 Å². The van der Waals surface area contributed by atoms with Gasteiger partial charge in [0.1, 0.15) is 23.1 Å². The van der Waals surface area contributed by atoms with Crippen LogP contribution in [0.15, 0.2) is 64.4 Å². The maximum Gasteiger partial charge on any atom is 0.264 e. The van der Waals surface area contributed by atoms with Crippen molar-refractivity contribution in [3.63, 3.8) is 0 Å². The Morgan fingerprint density at radius 2 is 2.03 bits per heavy atom. The lowest BCUT2D eigenvalue weighted by molar-refractivity contribution is 0.0930. The van der Waals surface area contributed by atoms with Crippen molar-refractivity contribution in [1.29, 1.82) is 0 Å². The zero-order valence-electron chi connectivity index (χ0n) is 15.2. The molecule has 4 aromatic heterocycles. The third-order valence-electron chi connectivity index (χ3n) is 4.03. The molecule has 2 N–H and O–H groups in total. The van der Waals surface area contributed by atoms with Crippen LogP contribution in [0.5, 0.6) is 0 Å². The zero-order valence-corrected chi connectivity index (χ0v) is 15.2. The highest BCUT2D eigenvalue weighted by molar-refractivity contribution is 5.93. The molecule has 144 valence electrons. The summed E-state index contributed by atoms with van der Waals surface area (Å²) in [7, 11) is 0. The Morgan fingerprint density at radius 3 is 2.76 bits per heavy atom. The molecule has 0 fully saturated rings. The molecule has 0 saturated heterocycles. The van der Waals surface area contributed by atoms with Crippen molar-refractivity contribution in [3.8, 4) is 22.9 Å². The van der Waals surface area contributed by atoms with Crippen molar-refractivity contribution in [1.82, 2.24) is 35.4 Å². The lowest BCUT2D eigenvalue weighted by atomic mass is 10.2. The second kappa shape index (κ2) is 7.80. The molecular formula is C19H15N7O3. The Labute approximate surface area is 164 Å². The Bertz CT molecular complexity index is 1190. The Kier molecular flexibility index (Phi) is 4.89. The van der Waals surface area contributed by atoms with E-state index < -0.39 is 17.5 Å². The first-order valence-electron chi connectivity index (χ1n) is 8.67. The molecule has 0 aromatic carbocycles. The van der Waals surface area contributed by atoms with E-state index in [1.54, 1.807) is 55.8 Å². The fraction of sp³-hybridized carbons (Fsp3) is 0.105. The predicted molar refractivity (Wildman–Crippen MR) is 101 cm³/mol. The van der Waals surface area contributed by atoms with Gasteiger partial charge in [0, 0.05) is 30.4 Å². The van der Waals surface area contributed by atoms with Crippen LogP contribution in [-0.4, -0.2) is 36.0 Å². The Morgan fingerprint density at radius 1 is 1.14 bits per heavy atom. The topological polar surface area (TPSA) is 140 Å². The lowest BCUT2D eigenvalue weighted by Crippen LogP contribution is -2.32. The van der Waals surface area contributed by atoms with Crippen LogP contribution in [0.1, 0.15) is 29.2 Å². The van der Waals surface area contributed by atoms with Crippen molar-refractivity contribution >= 4 is 5.91 Å². The summed E-state index contributed by atoms with van der Waals surface area (Å²) in [4.78, 5) is 43.9. The van der Waals surface area contributed by atoms with Gasteiger partial charge in [-0.15, -0.1) is 0 Å². The van der Waals surface area contributed by atoms with Crippen LogP contribution in [-0.2, 0) is 0 Å². The molecule has 4 rings (SSSR count). The minimum absolute atomic E-state index is 0.131. The van der Waals surface area contributed by atoms with Gasteiger partial charge in [0.2, 0.25) is 11.7 Å². The van der Waals surface area contributed by atoms with Gasteiger partial charge in [-0.25, -0.2) is 4.98 Å². The number of nitrogens with one attached hydrogen (secondary N) is 2. The SMILES string of the molecule is CC(NC(=O)c1cnc(-c2cccnc2)[nH]c1=O)c1nc(-c2ccccn2)no1. The molecule has 0 saturated carbocycles. The van der Waals surface area contributed by atoms with Crippen LogP contribution >= 0.6 is 0 Å². The molecule has 0 bridgehead atoms. The second-order valence-electron chi connectivity index (χ2n) is 6.08. The van der Waals surface area contributed by atoms with Crippen molar-refractivity contribution in [2.75, 3.05) is 0 Å². The minimum Gasteiger partial charge on any atom is -0.340 e. The molecule has 1 unspecified atom stereocenters. The standard InChI is InChI=1S/C19H15N7O3/c1-11(19-25-16(26-29-19)14-6-2-3-8-21-14)23-17(27)13-10-22-15(24-18(13)28)12-5-4-7-20-9-12/h2-11H,1H3,(H,23,27)(H,22,24,28). The minimum atomic E-state index is -0.620. The molecule has 0 aliphatic carbocycles. The number of hydrogen-bond acceptors (Lipinski definition) is 8. The van der Waals surface area contributed by atoms with Gasteiger partial charge < -0.3 is 14.8 Å². The first-order chi connectivity index (χ1) is 14.1. The van der Waals surface area contributed by atoms with Gasteiger partial charge in [-0.2, -0.15) is 4.98 Å². The highest BCUT2D eigenvalue weighted by Gasteiger charge is 2.20. The van der Waals surface area contributed by atoms with Crippen LogP contribution in [0.2, 0.25) is 0 Å². The molecule has 1 amide bonds. The molecule has 4 aromatic rings. The number of aromatic amines is 1. The van der Waals surface area contributed by atoms with E-state index in [0.29, 0.717) is 22.9 Å². The molecule has 4 heterocycles. The summed E-state index contributed by atoms with van der Waals surface area (Å²) in [5, 5.41) is 6.51. The number of H-pyrrole nitrogens is 1. The number of hydrogen-bond donors (Lipinski definition) is 2. The number of carbonyl (C=O) groups excluding carboxylic acids is 1. The average Bonchev–Trinajstić information content (AvgIpc) is 3.25. The first kappa shape index (κ1) is 18.2. The first-order valence-corrected chi connectivity index (χ1v) is 8.67. The summed E-state index contributed by atoms with van der Waals surface area (Å²) in [6.45, 7) is 1.67. The largest absolute Gasteiger partial charge is 0.340 e. The summed E-state index contributed by atoms with van der Waals surface area (Å²) < 4.78 is 5.20. The van der Waals surface area contributed by atoms with Crippen LogP contribution in [0.3, 0.4) is 0 Å². The highest BCUT2D eigenvalue weighted by Crippen LogP contribution is 2.16. The van der Waals surface area contributed by atoms with Gasteiger partial charge in [0.05, 0.1) is 0 Å². The number of amides is 1. The van der Waals surface area contributed by atoms with Gasteiger partial charge in [-0.1, -0.05) is 11.2 Å². The number of nitrogens with zero attached hydrogens (tertiary/aromatic N) is 5. The van der Waals surface area contributed by atoms with Crippen molar-refractivity contribution < 1.29 is 9.32 Å². The third kappa shape index (κ3) is 3.90. The van der Waals surface area contributed by atoms with Gasteiger partial charge >= 0.3 is 0 Å². The van der Waals surface area contributed by atoms with E-state index in [-0.39, 0.29) is 11.5 Å². The molecule has 0 aliphatic rings. The van der Waals surface area contributed by atoms with Crippen molar-refractivity contribution in [2.24, 2.45) is 0 Å². The maximum absolute atomic E-state index is 12.5. The van der Waals surface area contributed by atoms with E-state index in [0.717, 1.165) is 0 Å². The summed E-state index contributed by atoms with van der Waals surface area (Å²) >= 11 is 0.